The molecule has 6 nitrogen and oxygen atoms in total. The predicted molar refractivity (Wildman–Crippen MR) is 100 cm³/mol. The summed E-state index contributed by atoms with van der Waals surface area (Å²) in [7, 11) is 0. The quantitative estimate of drug-likeness (QED) is 0.792. The maximum atomic E-state index is 12.1. The minimum Gasteiger partial charge on any atom is -0.459 e. The molecule has 1 unspecified atom stereocenters. The van der Waals surface area contributed by atoms with E-state index in [2.05, 4.69) is 15.6 Å². The molecule has 1 fully saturated rings. The van der Waals surface area contributed by atoms with Gasteiger partial charge < -0.3 is 19.5 Å². The van der Waals surface area contributed by atoms with Gasteiger partial charge >= 0.3 is 0 Å². The fourth-order valence-electron chi connectivity index (χ4n) is 2.90. The van der Waals surface area contributed by atoms with Crippen LogP contribution >= 0.6 is 24.8 Å². The zero-order valence-corrected chi connectivity index (χ0v) is 15.9. The number of piperidine rings is 1. The lowest BCUT2D eigenvalue weighted by Crippen LogP contribution is -2.33. The van der Waals surface area contributed by atoms with Crippen molar-refractivity contribution in [1.29, 1.82) is 0 Å². The van der Waals surface area contributed by atoms with E-state index in [1.165, 1.54) is 12.8 Å². The highest BCUT2D eigenvalue weighted by Gasteiger charge is 2.17. The van der Waals surface area contributed by atoms with E-state index in [0.717, 1.165) is 19.5 Å². The number of nitrogens with zero attached hydrogens (tertiary/aromatic N) is 1. The molecule has 2 aromatic heterocycles. The lowest BCUT2D eigenvalue weighted by Gasteiger charge is -2.22. The van der Waals surface area contributed by atoms with Crippen LogP contribution in [0.2, 0.25) is 0 Å². The second kappa shape index (κ2) is 10.5. The Morgan fingerprint density at radius 2 is 2.28 bits per heavy atom. The van der Waals surface area contributed by atoms with Crippen molar-refractivity contribution < 1.29 is 13.6 Å². The number of nitrogens with one attached hydrogen (secondary N) is 2. The molecule has 0 saturated carbocycles. The average Bonchev–Trinajstić information content (AvgIpc) is 3.19. The summed E-state index contributed by atoms with van der Waals surface area (Å²) in [5.74, 6) is 2.30. The maximum absolute atomic E-state index is 12.1. The van der Waals surface area contributed by atoms with E-state index in [0.29, 0.717) is 35.6 Å². The zero-order chi connectivity index (χ0) is 16.1. The van der Waals surface area contributed by atoms with Gasteiger partial charge in [-0.05, 0) is 57.3 Å². The van der Waals surface area contributed by atoms with E-state index in [9.17, 15) is 4.79 Å². The molecule has 2 aromatic rings. The van der Waals surface area contributed by atoms with Crippen molar-refractivity contribution in [2.45, 2.75) is 32.6 Å². The van der Waals surface area contributed by atoms with Crippen LogP contribution in [0.15, 0.2) is 27.2 Å². The molecule has 0 aliphatic carbocycles. The lowest BCUT2D eigenvalue weighted by molar-refractivity contribution is -0.120. The summed E-state index contributed by atoms with van der Waals surface area (Å²) in [5.41, 5.74) is 0.660. The van der Waals surface area contributed by atoms with Gasteiger partial charge in [-0.1, -0.05) is 0 Å². The van der Waals surface area contributed by atoms with Crippen LogP contribution in [-0.2, 0) is 11.2 Å². The molecule has 25 heavy (non-hydrogen) atoms. The molecule has 1 saturated heterocycles. The van der Waals surface area contributed by atoms with Gasteiger partial charge in [0.25, 0.3) is 5.89 Å². The van der Waals surface area contributed by atoms with Gasteiger partial charge in [0.15, 0.2) is 5.76 Å². The smallest absolute Gasteiger partial charge is 0.263 e. The fraction of sp³-hybridized carbons (Fsp3) is 0.529. The van der Waals surface area contributed by atoms with Crippen LogP contribution in [0.25, 0.3) is 11.7 Å². The molecule has 1 amide bonds. The highest BCUT2D eigenvalue weighted by Crippen LogP contribution is 2.22. The van der Waals surface area contributed by atoms with E-state index in [1.807, 2.05) is 6.92 Å². The molecule has 0 spiro atoms. The van der Waals surface area contributed by atoms with Crippen LogP contribution in [0.5, 0.6) is 0 Å². The Balaban J connectivity index is 0.00000156. The van der Waals surface area contributed by atoms with Crippen molar-refractivity contribution in [3.63, 3.8) is 0 Å². The molecule has 0 bridgehead atoms. The molecular formula is C17H25Cl2N3O3. The third-order valence-corrected chi connectivity index (χ3v) is 4.23. The summed E-state index contributed by atoms with van der Waals surface area (Å²) >= 11 is 0. The Kier molecular flexibility index (Phi) is 9.03. The van der Waals surface area contributed by atoms with E-state index in [4.69, 9.17) is 8.83 Å². The molecule has 8 heteroatoms. The summed E-state index contributed by atoms with van der Waals surface area (Å²) in [4.78, 5) is 16.4. The first-order chi connectivity index (χ1) is 11.2. The van der Waals surface area contributed by atoms with Gasteiger partial charge in [0.05, 0.1) is 18.4 Å². The van der Waals surface area contributed by atoms with Crippen molar-refractivity contribution in [2.75, 3.05) is 19.6 Å². The van der Waals surface area contributed by atoms with Gasteiger partial charge in [-0.25, -0.2) is 4.98 Å². The normalized spacial score (nSPS) is 16.6. The van der Waals surface area contributed by atoms with Crippen molar-refractivity contribution in [2.24, 2.45) is 5.92 Å². The third kappa shape index (κ3) is 6.06. The van der Waals surface area contributed by atoms with Gasteiger partial charge in [0, 0.05) is 6.54 Å². The Labute approximate surface area is 160 Å². The van der Waals surface area contributed by atoms with E-state index in [1.54, 1.807) is 18.4 Å². The van der Waals surface area contributed by atoms with Crippen LogP contribution in [0.1, 0.15) is 30.7 Å². The highest BCUT2D eigenvalue weighted by molar-refractivity contribution is 5.85. The van der Waals surface area contributed by atoms with Gasteiger partial charge in [-0.15, -0.1) is 24.8 Å². The first kappa shape index (κ1) is 21.5. The van der Waals surface area contributed by atoms with Gasteiger partial charge in [0.2, 0.25) is 5.91 Å². The lowest BCUT2D eigenvalue weighted by atomic mass is 9.96. The molecule has 3 heterocycles. The molecule has 140 valence electrons. The molecule has 0 aromatic carbocycles. The van der Waals surface area contributed by atoms with Gasteiger partial charge in [-0.3, -0.25) is 4.79 Å². The second-order valence-electron chi connectivity index (χ2n) is 6.03. The largest absolute Gasteiger partial charge is 0.459 e. The highest BCUT2D eigenvalue weighted by atomic mass is 35.5. The molecule has 1 atom stereocenters. The van der Waals surface area contributed by atoms with Crippen LogP contribution in [-0.4, -0.2) is 30.5 Å². The summed E-state index contributed by atoms with van der Waals surface area (Å²) in [6, 6.07) is 3.56. The number of hydrogen-bond acceptors (Lipinski definition) is 5. The predicted octanol–water partition coefficient (Wildman–Crippen LogP) is 3.14. The van der Waals surface area contributed by atoms with Crippen molar-refractivity contribution in [1.82, 2.24) is 15.6 Å². The van der Waals surface area contributed by atoms with Crippen molar-refractivity contribution in [3.8, 4) is 11.7 Å². The molecule has 1 aliphatic rings. The monoisotopic (exact) mass is 389 g/mol. The Bertz CT molecular complexity index is 638. The number of aryl methyl sites for hydroxylation is 1. The van der Waals surface area contributed by atoms with Crippen LogP contribution in [0, 0.1) is 12.8 Å². The molecule has 1 aliphatic heterocycles. The summed E-state index contributed by atoms with van der Waals surface area (Å²) in [6.07, 6.45) is 5.30. The number of oxazole rings is 1. The molecular weight excluding hydrogens is 365 g/mol. The number of furan rings is 1. The number of hydrogen-bond donors (Lipinski definition) is 2. The average molecular weight is 390 g/mol. The minimum absolute atomic E-state index is 0. The SMILES string of the molecule is Cc1oc(-c2ccco2)nc1CC(=O)NCCC1CCCNC1.Cl.Cl. The fourth-order valence-corrected chi connectivity index (χ4v) is 2.90. The second-order valence-corrected chi connectivity index (χ2v) is 6.03. The summed E-state index contributed by atoms with van der Waals surface area (Å²) < 4.78 is 10.8. The number of rotatable bonds is 6. The summed E-state index contributed by atoms with van der Waals surface area (Å²) in [5, 5.41) is 6.37. The first-order valence-corrected chi connectivity index (χ1v) is 8.20. The number of halogens is 2. The molecule has 0 radical (unpaired) electrons. The molecule has 2 N–H and O–H groups in total. The number of carbonyl (C=O) groups excluding carboxylic acids is 1. The third-order valence-electron chi connectivity index (χ3n) is 4.23. The van der Waals surface area contributed by atoms with E-state index in [-0.39, 0.29) is 37.1 Å². The maximum Gasteiger partial charge on any atom is 0.263 e. The van der Waals surface area contributed by atoms with E-state index < -0.39 is 0 Å². The van der Waals surface area contributed by atoms with Gasteiger partial charge in [0.1, 0.15) is 5.76 Å². The number of carbonyl (C=O) groups is 1. The van der Waals surface area contributed by atoms with Crippen LogP contribution in [0.4, 0.5) is 0 Å². The van der Waals surface area contributed by atoms with Gasteiger partial charge in [-0.2, -0.15) is 0 Å². The topological polar surface area (TPSA) is 80.3 Å². The zero-order valence-electron chi connectivity index (χ0n) is 14.2. The van der Waals surface area contributed by atoms with Crippen molar-refractivity contribution >= 4 is 30.7 Å². The summed E-state index contributed by atoms with van der Waals surface area (Å²) in [6.45, 7) is 4.71. The van der Waals surface area contributed by atoms with Crippen LogP contribution in [0.3, 0.4) is 0 Å². The first-order valence-electron chi connectivity index (χ1n) is 8.20. The number of aromatic nitrogens is 1. The minimum atomic E-state index is -0.0174. The molecule has 3 rings (SSSR count). The Morgan fingerprint density at radius 3 is 2.96 bits per heavy atom. The number of amides is 1. The van der Waals surface area contributed by atoms with E-state index >= 15 is 0 Å². The Morgan fingerprint density at radius 1 is 1.44 bits per heavy atom. The van der Waals surface area contributed by atoms with Crippen molar-refractivity contribution in [3.05, 3.63) is 29.9 Å². The van der Waals surface area contributed by atoms with Crippen LogP contribution < -0.4 is 10.6 Å². The standard InChI is InChI=1S/C17H23N3O3.2ClH/c1-12-14(20-17(23-12)15-5-3-9-22-15)10-16(21)19-8-6-13-4-2-7-18-11-13;;/h3,5,9,13,18H,2,4,6-8,10-11H2,1H3,(H,19,21);2*1H. The Hall–Kier alpha value is -1.50.